The number of hydrogen-bond acceptors (Lipinski definition) is 7. The first kappa shape index (κ1) is 18.1. The van der Waals surface area contributed by atoms with Gasteiger partial charge >= 0.3 is 11.9 Å². The third-order valence-corrected chi connectivity index (χ3v) is 4.83. The summed E-state index contributed by atoms with van der Waals surface area (Å²) in [5.74, 6) is -2.03. The summed E-state index contributed by atoms with van der Waals surface area (Å²) in [5.41, 5.74) is -0.631. The zero-order chi connectivity index (χ0) is 19.2. The van der Waals surface area contributed by atoms with E-state index < -0.39 is 42.3 Å². The van der Waals surface area contributed by atoms with Crippen LogP contribution in [0.5, 0.6) is 0 Å². The van der Waals surface area contributed by atoms with Gasteiger partial charge in [-0.25, -0.2) is 9.59 Å². The fraction of sp³-hybridized carbons (Fsp3) is 0.421. The Bertz CT molecular complexity index is 788. The number of aliphatic hydroxyl groups is 1. The van der Waals surface area contributed by atoms with Gasteiger partial charge < -0.3 is 19.3 Å². The highest BCUT2D eigenvalue weighted by Crippen LogP contribution is 2.42. The molecule has 0 saturated carbocycles. The molecule has 1 saturated heterocycles. The van der Waals surface area contributed by atoms with Crippen LogP contribution in [-0.2, 0) is 28.6 Å². The molecule has 0 aromatic heterocycles. The molecule has 4 atom stereocenters. The second-order valence-electron chi connectivity index (χ2n) is 6.90. The number of ether oxygens (including phenoxy) is 3. The highest BCUT2D eigenvalue weighted by Gasteiger charge is 2.52. The number of carbonyl (C=O) groups is 3. The standard InChI is InChI=1S/C19H20O7/c1-9(2)17(22)25-14-7-19(4)15(21)6-12(26-19)11(8-20)5-13-16(14)10(3)18(23)24-13/h5-6,13-14,16,20H,1,3,7-8H2,2,4H3/t13-,14+,16+,19-/m1/s1. The van der Waals surface area contributed by atoms with Crippen LogP contribution in [-0.4, -0.2) is 47.2 Å². The summed E-state index contributed by atoms with van der Waals surface area (Å²) in [6, 6.07) is 0. The molecular weight excluding hydrogens is 340 g/mol. The van der Waals surface area contributed by atoms with Crippen molar-refractivity contribution in [3.63, 3.8) is 0 Å². The molecule has 3 aliphatic heterocycles. The van der Waals surface area contributed by atoms with E-state index in [4.69, 9.17) is 14.2 Å². The van der Waals surface area contributed by atoms with Gasteiger partial charge in [-0.05, 0) is 19.9 Å². The van der Waals surface area contributed by atoms with Gasteiger partial charge in [-0.2, -0.15) is 0 Å². The molecule has 7 nitrogen and oxygen atoms in total. The summed E-state index contributed by atoms with van der Waals surface area (Å²) in [6.45, 7) is 9.99. The van der Waals surface area contributed by atoms with E-state index in [-0.39, 0.29) is 29.1 Å². The van der Waals surface area contributed by atoms with Crippen molar-refractivity contribution >= 4 is 17.7 Å². The quantitative estimate of drug-likeness (QED) is 0.595. The lowest BCUT2D eigenvalue weighted by molar-refractivity contribution is -0.153. The average Bonchev–Trinajstić information content (AvgIpc) is 3.01. The van der Waals surface area contributed by atoms with Gasteiger partial charge in [-0.15, -0.1) is 0 Å². The molecule has 3 aliphatic rings. The predicted molar refractivity (Wildman–Crippen MR) is 89.6 cm³/mol. The van der Waals surface area contributed by atoms with Gasteiger partial charge in [-0.3, -0.25) is 4.79 Å². The highest BCUT2D eigenvalue weighted by atomic mass is 16.6. The van der Waals surface area contributed by atoms with E-state index in [2.05, 4.69) is 13.2 Å². The first-order valence-electron chi connectivity index (χ1n) is 8.19. The molecule has 26 heavy (non-hydrogen) atoms. The lowest BCUT2D eigenvalue weighted by Crippen LogP contribution is -2.42. The van der Waals surface area contributed by atoms with Crippen LogP contribution in [0.2, 0.25) is 0 Å². The molecule has 1 fully saturated rings. The van der Waals surface area contributed by atoms with Crippen molar-refractivity contribution < 1.29 is 33.7 Å². The van der Waals surface area contributed by atoms with E-state index in [9.17, 15) is 19.5 Å². The second-order valence-corrected chi connectivity index (χ2v) is 6.90. The molecule has 0 unspecified atom stereocenters. The minimum atomic E-state index is -1.29. The summed E-state index contributed by atoms with van der Waals surface area (Å²) in [5, 5.41) is 9.67. The first-order chi connectivity index (χ1) is 12.2. The van der Waals surface area contributed by atoms with Gasteiger partial charge in [-0.1, -0.05) is 13.2 Å². The molecule has 2 bridgehead atoms. The van der Waals surface area contributed by atoms with Gasteiger partial charge in [0.2, 0.25) is 5.78 Å². The summed E-state index contributed by atoms with van der Waals surface area (Å²) in [7, 11) is 0. The summed E-state index contributed by atoms with van der Waals surface area (Å²) in [4.78, 5) is 36.6. The Kier molecular flexibility index (Phi) is 4.36. The van der Waals surface area contributed by atoms with Gasteiger partial charge in [0.15, 0.2) is 5.60 Å². The van der Waals surface area contributed by atoms with Crippen LogP contribution in [0.15, 0.2) is 47.8 Å². The predicted octanol–water partition coefficient (Wildman–Crippen LogP) is 1.14. The molecule has 0 amide bonds. The normalized spacial score (nSPS) is 33.0. The topological polar surface area (TPSA) is 99.1 Å². The number of hydrogen-bond donors (Lipinski definition) is 1. The molecule has 0 aromatic carbocycles. The molecule has 7 heteroatoms. The van der Waals surface area contributed by atoms with Crippen molar-refractivity contribution in [1.82, 2.24) is 0 Å². The van der Waals surface area contributed by atoms with Crippen molar-refractivity contribution in [3.8, 4) is 0 Å². The van der Waals surface area contributed by atoms with E-state index in [1.165, 1.54) is 19.1 Å². The van der Waals surface area contributed by atoms with Crippen molar-refractivity contribution in [2.24, 2.45) is 5.92 Å². The Morgan fingerprint density at radius 2 is 2.15 bits per heavy atom. The molecule has 3 rings (SSSR count). The maximum Gasteiger partial charge on any atom is 0.334 e. The third kappa shape index (κ3) is 2.88. The Morgan fingerprint density at radius 3 is 2.77 bits per heavy atom. The van der Waals surface area contributed by atoms with Crippen LogP contribution in [0, 0.1) is 5.92 Å². The van der Waals surface area contributed by atoms with Gasteiger partial charge in [0.25, 0.3) is 0 Å². The van der Waals surface area contributed by atoms with E-state index in [1.807, 2.05) is 0 Å². The van der Waals surface area contributed by atoms with E-state index in [1.54, 1.807) is 6.92 Å². The zero-order valence-electron chi connectivity index (χ0n) is 14.6. The van der Waals surface area contributed by atoms with Crippen molar-refractivity contribution in [2.45, 2.75) is 38.1 Å². The summed E-state index contributed by atoms with van der Waals surface area (Å²) >= 11 is 0. The van der Waals surface area contributed by atoms with E-state index >= 15 is 0 Å². The van der Waals surface area contributed by atoms with Gasteiger partial charge in [0.1, 0.15) is 18.0 Å². The molecule has 0 spiro atoms. The summed E-state index contributed by atoms with van der Waals surface area (Å²) in [6.07, 6.45) is 1.14. The number of ketones is 1. The number of esters is 2. The fourth-order valence-corrected chi connectivity index (χ4v) is 3.35. The molecule has 0 radical (unpaired) electrons. The molecule has 138 valence electrons. The Labute approximate surface area is 150 Å². The molecular formula is C19H20O7. The second kappa shape index (κ2) is 6.25. The van der Waals surface area contributed by atoms with Crippen LogP contribution in [0.1, 0.15) is 20.3 Å². The summed E-state index contributed by atoms with van der Waals surface area (Å²) < 4.78 is 16.6. The number of carbonyl (C=O) groups excluding carboxylic acids is 3. The van der Waals surface area contributed by atoms with E-state index in [0.29, 0.717) is 5.57 Å². The van der Waals surface area contributed by atoms with E-state index in [0.717, 1.165) is 0 Å². The van der Waals surface area contributed by atoms with Crippen LogP contribution in [0.4, 0.5) is 0 Å². The minimum Gasteiger partial charge on any atom is -0.479 e. The molecule has 3 heterocycles. The maximum atomic E-state index is 12.5. The number of fused-ring (bicyclic) bond motifs is 3. The van der Waals surface area contributed by atoms with Gasteiger partial charge in [0, 0.05) is 29.2 Å². The van der Waals surface area contributed by atoms with Crippen molar-refractivity contribution in [2.75, 3.05) is 6.61 Å². The smallest absolute Gasteiger partial charge is 0.334 e. The molecule has 0 aromatic rings. The van der Waals surface area contributed by atoms with Crippen molar-refractivity contribution in [3.05, 3.63) is 47.8 Å². The fourth-order valence-electron chi connectivity index (χ4n) is 3.35. The monoisotopic (exact) mass is 360 g/mol. The van der Waals surface area contributed by atoms with Crippen LogP contribution < -0.4 is 0 Å². The molecule has 1 N–H and O–H groups in total. The van der Waals surface area contributed by atoms with Crippen LogP contribution >= 0.6 is 0 Å². The lowest BCUT2D eigenvalue weighted by atomic mass is 9.82. The first-order valence-corrected chi connectivity index (χ1v) is 8.19. The Balaban J connectivity index is 2.09. The van der Waals surface area contributed by atoms with Crippen LogP contribution in [0.25, 0.3) is 0 Å². The lowest BCUT2D eigenvalue weighted by Gasteiger charge is -2.31. The average molecular weight is 360 g/mol. The zero-order valence-corrected chi connectivity index (χ0v) is 14.6. The Hall–Kier alpha value is -2.67. The Morgan fingerprint density at radius 1 is 1.46 bits per heavy atom. The maximum absolute atomic E-state index is 12.5. The minimum absolute atomic E-state index is 0.00816. The van der Waals surface area contributed by atoms with Gasteiger partial charge in [0.05, 0.1) is 12.5 Å². The SMILES string of the molecule is C=C(C)C(=O)O[C@H]1C[C@@]2(C)OC(=CC2=O)C(CO)=C[C@H]2OC(=O)C(=C)[C@H]12. The third-order valence-electron chi connectivity index (χ3n) is 4.83. The highest BCUT2D eigenvalue weighted by molar-refractivity contribution is 6.00. The molecule has 0 aliphatic carbocycles. The largest absolute Gasteiger partial charge is 0.479 e. The van der Waals surface area contributed by atoms with Crippen LogP contribution in [0.3, 0.4) is 0 Å². The number of aliphatic hydroxyl groups excluding tert-OH is 1. The number of rotatable bonds is 3. The van der Waals surface area contributed by atoms with Crippen molar-refractivity contribution in [1.29, 1.82) is 0 Å².